The number of para-hydroxylation sites is 4. The first-order valence-electron chi connectivity index (χ1n) is 11.6. The van der Waals surface area contributed by atoms with Crippen LogP contribution in [0.4, 0.5) is 24.5 Å². The van der Waals surface area contributed by atoms with Gasteiger partial charge < -0.3 is 24.2 Å². The maximum atomic E-state index is 13.5. The molecule has 2 aliphatic heterocycles. The number of hydrogen-bond acceptors (Lipinski definition) is 8. The van der Waals surface area contributed by atoms with Crippen molar-refractivity contribution < 1.29 is 36.7 Å². The average Bonchev–Trinajstić information content (AvgIpc) is 2.91. The van der Waals surface area contributed by atoms with E-state index in [0.29, 0.717) is 11.5 Å². The number of benzene rings is 3. The highest BCUT2D eigenvalue weighted by Gasteiger charge is 2.40. The fourth-order valence-electron chi connectivity index (χ4n) is 4.42. The lowest BCUT2D eigenvalue weighted by Crippen LogP contribution is -2.54. The van der Waals surface area contributed by atoms with Gasteiger partial charge in [-0.25, -0.2) is 8.57 Å². The summed E-state index contributed by atoms with van der Waals surface area (Å²) in [7, 11) is -1.91. The molecule has 0 aliphatic carbocycles. The lowest BCUT2D eigenvalue weighted by molar-refractivity contribution is -0.274. The van der Waals surface area contributed by atoms with Crippen LogP contribution in [0.5, 0.6) is 17.2 Å². The second-order valence-electron chi connectivity index (χ2n) is 8.60. The molecule has 1 N–H and O–H groups in total. The molecule has 1 fully saturated rings. The van der Waals surface area contributed by atoms with Crippen LogP contribution in [0.2, 0.25) is 0 Å². The molecule has 38 heavy (non-hydrogen) atoms. The third-order valence-electron chi connectivity index (χ3n) is 6.23. The fourth-order valence-corrected chi connectivity index (χ4v) is 5.70. The number of alkyl halides is 3. The van der Waals surface area contributed by atoms with Crippen molar-refractivity contribution in [2.75, 3.05) is 25.2 Å². The second kappa shape index (κ2) is 10.3. The normalized spacial score (nSPS) is 22.7. The van der Waals surface area contributed by atoms with E-state index in [2.05, 4.69) is 14.1 Å². The van der Waals surface area contributed by atoms with Crippen LogP contribution >= 0.6 is 0 Å². The first-order chi connectivity index (χ1) is 18.2. The third kappa shape index (κ3) is 5.19. The molecular formula is C26H24F3N3O5S. The number of nitrogens with zero attached hydrogens (tertiary/aromatic N) is 3. The molecule has 0 bridgehead atoms. The Morgan fingerprint density at radius 2 is 1.61 bits per heavy atom. The minimum absolute atomic E-state index is 0.0827. The Hall–Kier alpha value is -3.61. The Morgan fingerprint density at radius 3 is 2.18 bits per heavy atom. The van der Waals surface area contributed by atoms with E-state index in [1.165, 1.54) is 19.2 Å². The molecule has 0 radical (unpaired) electrons. The minimum atomic E-state index is -4.84. The van der Waals surface area contributed by atoms with Crippen molar-refractivity contribution in [3.8, 4) is 17.2 Å². The van der Waals surface area contributed by atoms with Crippen LogP contribution < -0.4 is 14.4 Å². The van der Waals surface area contributed by atoms with Crippen molar-refractivity contribution in [1.82, 2.24) is 0 Å². The van der Waals surface area contributed by atoms with E-state index in [9.17, 15) is 22.5 Å². The van der Waals surface area contributed by atoms with Crippen molar-refractivity contribution >= 4 is 26.7 Å². The first-order valence-corrected chi connectivity index (χ1v) is 13.2. The molecule has 0 amide bonds. The summed E-state index contributed by atoms with van der Waals surface area (Å²) in [5, 5.41) is 11.4. The van der Waals surface area contributed by atoms with E-state index in [1.54, 1.807) is 0 Å². The number of hydrogen-bond donors (Lipinski definition) is 1. The quantitative estimate of drug-likeness (QED) is 0.351. The minimum Gasteiger partial charge on any atom is -0.453 e. The summed E-state index contributed by atoms with van der Waals surface area (Å²) >= 11 is 0. The molecule has 0 aromatic heterocycles. The van der Waals surface area contributed by atoms with Crippen LogP contribution in [-0.4, -0.2) is 59.7 Å². The molecule has 4 atom stereocenters. The van der Waals surface area contributed by atoms with Gasteiger partial charge in [-0.2, -0.15) is 0 Å². The molecule has 8 nitrogen and oxygen atoms in total. The lowest BCUT2D eigenvalue weighted by Gasteiger charge is -2.43. The number of aliphatic hydroxyl groups is 1. The van der Waals surface area contributed by atoms with Crippen LogP contribution in [0.25, 0.3) is 0 Å². The topological polar surface area (TPSA) is 93.0 Å². The number of halogens is 3. The number of aliphatic hydroxyl groups excluding tert-OH is 1. The number of rotatable bonds is 5. The summed E-state index contributed by atoms with van der Waals surface area (Å²) in [6, 6.07) is 18.2. The van der Waals surface area contributed by atoms with Gasteiger partial charge >= 0.3 is 6.36 Å². The van der Waals surface area contributed by atoms with Gasteiger partial charge in [0.2, 0.25) is 0 Å². The van der Waals surface area contributed by atoms with Crippen molar-refractivity contribution in [3.63, 3.8) is 0 Å². The van der Waals surface area contributed by atoms with Crippen molar-refractivity contribution in [3.05, 3.63) is 72.8 Å². The summed E-state index contributed by atoms with van der Waals surface area (Å²) in [6.45, 7) is 0.295. The van der Waals surface area contributed by atoms with E-state index in [0.717, 1.165) is 29.1 Å². The summed E-state index contributed by atoms with van der Waals surface area (Å²) in [4.78, 5) is 6.49. The van der Waals surface area contributed by atoms with Crippen LogP contribution in [0, 0.1) is 0 Å². The number of fused-ring (bicyclic) bond motifs is 2. The van der Waals surface area contributed by atoms with Crippen molar-refractivity contribution in [2.45, 2.75) is 29.4 Å². The highest BCUT2D eigenvalue weighted by molar-refractivity contribution is 8.06. The zero-order valence-corrected chi connectivity index (χ0v) is 20.9. The van der Waals surface area contributed by atoms with Gasteiger partial charge in [0.15, 0.2) is 11.5 Å². The molecule has 5 rings (SSSR count). The monoisotopic (exact) mass is 547 g/mol. The molecule has 1 saturated heterocycles. The largest absolute Gasteiger partial charge is 0.573 e. The molecule has 2 heterocycles. The van der Waals surface area contributed by atoms with E-state index in [1.807, 2.05) is 53.4 Å². The van der Waals surface area contributed by atoms with Crippen LogP contribution in [0.3, 0.4) is 0 Å². The van der Waals surface area contributed by atoms with Gasteiger partial charge in [0.1, 0.15) is 27.6 Å². The zero-order chi connectivity index (χ0) is 26.9. The lowest BCUT2D eigenvalue weighted by atomic mass is 9.98. The average molecular weight is 548 g/mol. The van der Waals surface area contributed by atoms with Crippen LogP contribution in [0.1, 0.15) is 0 Å². The highest BCUT2D eigenvalue weighted by atomic mass is 32.2. The number of anilines is 2. The Balaban J connectivity index is 1.41. The Labute approximate surface area is 217 Å². The molecule has 12 heteroatoms. The maximum Gasteiger partial charge on any atom is 0.573 e. The highest BCUT2D eigenvalue weighted by Crippen LogP contribution is 2.48. The SMILES string of the molecule is CN=S(=O)(C=N[C@@H]1COC[C@H](N2c3ccccc3Oc3ccccc32)[C@@H]1O)c1ccc(OC(F)(F)F)cc1. The Bertz CT molecular complexity index is 1410. The zero-order valence-electron chi connectivity index (χ0n) is 20.1. The molecule has 0 saturated carbocycles. The van der Waals surface area contributed by atoms with Crippen molar-refractivity contribution in [2.24, 2.45) is 9.36 Å². The Morgan fingerprint density at radius 1 is 1.00 bits per heavy atom. The van der Waals surface area contributed by atoms with Gasteiger partial charge in [0.25, 0.3) is 0 Å². The molecule has 3 aromatic carbocycles. The predicted octanol–water partition coefficient (Wildman–Crippen LogP) is 5.14. The van der Waals surface area contributed by atoms with E-state index in [-0.39, 0.29) is 18.1 Å². The summed E-state index contributed by atoms with van der Waals surface area (Å²) in [6.07, 6.45) is -5.85. The van der Waals surface area contributed by atoms with E-state index < -0.39 is 40.0 Å². The fraction of sp³-hybridized carbons (Fsp3) is 0.269. The maximum absolute atomic E-state index is 13.5. The van der Waals surface area contributed by atoms with Gasteiger partial charge in [-0.1, -0.05) is 24.3 Å². The van der Waals surface area contributed by atoms with Crippen LogP contribution in [-0.2, 0) is 14.5 Å². The van der Waals surface area contributed by atoms with Gasteiger partial charge in [-0.05, 0) is 48.5 Å². The number of ether oxygens (including phenoxy) is 3. The van der Waals surface area contributed by atoms with Gasteiger partial charge in [-0.3, -0.25) is 4.99 Å². The molecular weight excluding hydrogens is 523 g/mol. The predicted molar refractivity (Wildman–Crippen MR) is 136 cm³/mol. The molecule has 2 aliphatic rings. The van der Waals surface area contributed by atoms with Crippen LogP contribution in [0.15, 0.2) is 87.0 Å². The van der Waals surface area contributed by atoms with Gasteiger partial charge in [-0.15, -0.1) is 13.2 Å². The number of aliphatic imine (C=N–C) groups is 1. The van der Waals surface area contributed by atoms with E-state index in [4.69, 9.17) is 9.47 Å². The van der Waals surface area contributed by atoms with E-state index >= 15 is 0 Å². The molecule has 3 aromatic rings. The molecule has 0 spiro atoms. The molecule has 1 unspecified atom stereocenters. The van der Waals surface area contributed by atoms with Crippen molar-refractivity contribution in [1.29, 1.82) is 0 Å². The third-order valence-corrected chi connectivity index (χ3v) is 8.13. The second-order valence-corrected chi connectivity index (χ2v) is 10.8. The van der Waals surface area contributed by atoms with Gasteiger partial charge in [0.05, 0.1) is 41.1 Å². The summed E-state index contributed by atoms with van der Waals surface area (Å²) < 4.78 is 70.6. The summed E-state index contributed by atoms with van der Waals surface area (Å²) in [5.41, 5.74) is 2.65. The smallest absolute Gasteiger partial charge is 0.453 e. The first kappa shape index (κ1) is 26.0. The standard InChI is InChI=1S/C26H24F3N3O5S/c1-30-38(34,18-12-10-17(11-13-18)37-26(27,28)29)16-31-19-14-35-15-22(25(19)33)32-20-6-2-4-8-23(20)36-24-9-5-3-7-21(24)32/h2-13,16,19,22,25,33H,14-15H2,1H3/t19-,22+,25-,38?/m1/s1. The molecule has 200 valence electrons. The van der Waals surface area contributed by atoms with Gasteiger partial charge in [0, 0.05) is 7.05 Å². The summed E-state index contributed by atoms with van der Waals surface area (Å²) in [5.74, 6) is 0.825. The Kier molecular flexibility index (Phi) is 7.03.